The molecule has 0 atom stereocenters. The van der Waals surface area contributed by atoms with Gasteiger partial charge in [0.25, 0.3) is 0 Å². The average Bonchev–Trinajstić information content (AvgIpc) is 3.01. The van der Waals surface area contributed by atoms with Gasteiger partial charge >= 0.3 is 5.97 Å². The summed E-state index contributed by atoms with van der Waals surface area (Å²) in [4.78, 5) is 11.1. The Kier molecular flexibility index (Phi) is 3.83. The van der Waals surface area contributed by atoms with E-state index in [0.29, 0.717) is 0 Å². The first-order valence-electron chi connectivity index (χ1n) is 6.52. The van der Waals surface area contributed by atoms with Crippen LogP contribution in [0.4, 0.5) is 0 Å². The molecular formula is C17H13BrO2S. The third-order valence-corrected chi connectivity index (χ3v) is 4.83. The van der Waals surface area contributed by atoms with Crippen LogP contribution in [-0.4, -0.2) is 11.1 Å². The zero-order valence-corrected chi connectivity index (χ0v) is 13.8. The third-order valence-electron chi connectivity index (χ3n) is 3.64. The molecule has 3 rings (SSSR count). The van der Waals surface area contributed by atoms with Gasteiger partial charge in [-0.2, -0.15) is 11.3 Å². The van der Waals surface area contributed by atoms with Gasteiger partial charge in [-0.1, -0.05) is 22.0 Å². The van der Waals surface area contributed by atoms with E-state index in [-0.39, 0.29) is 6.42 Å². The standard InChI is InChI=1S/C17H13BrO2S/c1-10-14(6-11-4-5-21-9-11)16-7-12(18)2-3-13(16)15(10)8-17(19)20/h2-7,9H,8H2,1H3,(H,19,20)/b14-6-. The summed E-state index contributed by atoms with van der Waals surface area (Å²) >= 11 is 5.16. The van der Waals surface area contributed by atoms with Gasteiger partial charge in [-0.25, -0.2) is 0 Å². The Balaban J connectivity index is 2.18. The SMILES string of the molecule is CC1=C(CC(=O)O)c2ccc(Br)cc2/C1=C\c1ccsc1. The van der Waals surface area contributed by atoms with Crippen molar-refractivity contribution in [3.63, 3.8) is 0 Å². The molecule has 0 radical (unpaired) electrons. The first-order chi connectivity index (χ1) is 10.1. The summed E-state index contributed by atoms with van der Waals surface area (Å²) in [6.07, 6.45) is 2.19. The lowest BCUT2D eigenvalue weighted by Gasteiger charge is -2.04. The van der Waals surface area contributed by atoms with Crippen LogP contribution < -0.4 is 0 Å². The van der Waals surface area contributed by atoms with Gasteiger partial charge < -0.3 is 5.11 Å². The molecular weight excluding hydrogens is 348 g/mol. The van der Waals surface area contributed by atoms with Crippen molar-refractivity contribution in [2.45, 2.75) is 13.3 Å². The number of aliphatic carboxylic acids is 1. The fourth-order valence-electron chi connectivity index (χ4n) is 2.66. The van der Waals surface area contributed by atoms with Crippen molar-refractivity contribution in [3.8, 4) is 0 Å². The van der Waals surface area contributed by atoms with E-state index in [2.05, 4.69) is 39.5 Å². The van der Waals surface area contributed by atoms with Crippen molar-refractivity contribution in [3.05, 3.63) is 61.8 Å². The maximum atomic E-state index is 11.1. The summed E-state index contributed by atoms with van der Waals surface area (Å²) in [6.45, 7) is 2.00. The first kappa shape index (κ1) is 14.3. The van der Waals surface area contributed by atoms with Gasteiger partial charge in [0.1, 0.15) is 0 Å². The highest BCUT2D eigenvalue weighted by atomic mass is 79.9. The predicted molar refractivity (Wildman–Crippen MR) is 91.2 cm³/mol. The summed E-state index contributed by atoms with van der Waals surface area (Å²) in [6, 6.07) is 8.08. The zero-order chi connectivity index (χ0) is 15.0. The maximum absolute atomic E-state index is 11.1. The average molecular weight is 361 g/mol. The molecule has 0 saturated heterocycles. The minimum Gasteiger partial charge on any atom is -0.481 e. The fourth-order valence-corrected chi connectivity index (χ4v) is 3.64. The van der Waals surface area contributed by atoms with E-state index in [1.807, 2.05) is 24.4 Å². The number of carbonyl (C=O) groups is 1. The molecule has 0 unspecified atom stereocenters. The normalized spacial score (nSPS) is 15.6. The highest BCUT2D eigenvalue weighted by molar-refractivity contribution is 9.10. The topological polar surface area (TPSA) is 37.3 Å². The molecule has 2 nitrogen and oxygen atoms in total. The Hall–Kier alpha value is -1.65. The van der Waals surface area contributed by atoms with E-state index >= 15 is 0 Å². The van der Waals surface area contributed by atoms with Crippen LogP contribution in [0.5, 0.6) is 0 Å². The molecule has 1 aliphatic rings. The second-order valence-corrected chi connectivity index (χ2v) is 6.67. The molecule has 0 aliphatic heterocycles. The predicted octanol–water partition coefficient (Wildman–Crippen LogP) is 5.31. The van der Waals surface area contributed by atoms with Crippen LogP contribution in [0.25, 0.3) is 17.2 Å². The number of fused-ring (bicyclic) bond motifs is 1. The number of halogens is 1. The van der Waals surface area contributed by atoms with Crippen molar-refractivity contribution in [2.75, 3.05) is 0 Å². The molecule has 0 fully saturated rings. The molecule has 2 aromatic rings. The minimum atomic E-state index is -0.796. The number of benzene rings is 1. The first-order valence-corrected chi connectivity index (χ1v) is 8.26. The van der Waals surface area contributed by atoms with Gasteiger partial charge in [-0.3, -0.25) is 4.79 Å². The van der Waals surface area contributed by atoms with Gasteiger partial charge in [0.15, 0.2) is 0 Å². The minimum absolute atomic E-state index is 0.0570. The Bertz CT molecular complexity index is 770. The molecule has 1 aromatic heterocycles. The number of rotatable bonds is 3. The lowest BCUT2D eigenvalue weighted by molar-refractivity contribution is -0.135. The molecule has 106 valence electrons. The largest absolute Gasteiger partial charge is 0.481 e. The molecule has 0 spiro atoms. The molecule has 1 aromatic carbocycles. The smallest absolute Gasteiger partial charge is 0.307 e. The number of thiophene rings is 1. The molecule has 0 saturated carbocycles. The van der Waals surface area contributed by atoms with Crippen molar-refractivity contribution in [1.29, 1.82) is 0 Å². The van der Waals surface area contributed by atoms with E-state index in [0.717, 1.165) is 37.9 Å². The van der Waals surface area contributed by atoms with Gasteiger partial charge in [-0.15, -0.1) is 0 Å². The van der Waals surface area contributed by atoms with E-state index in [1.165, 1.54) is 0 Å². The van der Waals surface area contributed by atoms with Crippen LogP contribution in [0.3, 0.4) is 0 Å². The van der Waals surface area contributed by atoms with Crippen molar-refractivity contribution >= 4 is 50.5 Å². The quantitative estimate of drug-likeness (QED) is 0.804. The van der Waals surface area contributed by atoms with Gasteiger partial charge in [0, 0.05) is 4.47 Å². The molecule has 1 N–H and O–H groups in total. The molecule has 0 bridgehead atoms. The molecule has 4 heteroatoms. The molecule has 0 amide bonds. The number of hydrogen-bond acceptors (Lipinski definition) is 2. The molecule has 1 aliphatic carbocycles. The Labute approximate surface area is 135 Å². The number of allylic oxidation sites excluding steroid dienone is 2. The van der Waals surface area contributed by atoms with Crippen LogP contribution in [0.2, 0.25) is 0 Å². The van der Waals surface area contributed by atoms with Crippen LogP contribution in [-0.2, 0) is 4.79 Å². The summed E-state index contributed by atoms with van der Waals surface area (Å²) in [5.74, 6) is -0.796. The second kappa shape index (κ2) is 5.62. The third kappa shape index (κ3) is 2.74. The highest BCUT2D eigenvalue weighted by Gasteiger charge is 2.25. The van der Waals surface area contributed by atoms with E-state index < -0.39 is 5.97 Å². The molecule has 21 heavy (non-hydrogen) atoms. The van der Waals surface area contributed by atoms with Gasteiger partial charge in [0.05, 0.1) is 6.42 Å². The summed E-state index contributed by atoms with van der Waals surface area (Å²) in [5.41, 5.74) is 6.35. The summed E-state index contributed by atoms with van der Waals surface area (Å²) < 4.78 is 1.00. The Morgan fingerprint density at radius 3 is 2.81 bits per heavy atom. The van der Waals surface area contributed by atoms with E-state index in [4.69, 9.17) is 5.11 Å². The summed E-state index contributed by atoms with van der Waals surface area (Å²) in [5, 5.41) is 13.3. The van der Waals surface area contributed by atoms with Crippen molar-refractivity contribution < 1.29 is 9.90 Å². The van der Waals surface area contributed by atoms with Crippen LogP contribution in [0.1, 0.15) is 30.0 Å². The lowest BCUT2D eigenvalue weighted by Crippen LogP contribution is -1.96. The highest BCUT2D eigenvalue weighted by Crippen LogP contribution is 2.44. The van der Waals surface area contributed by atoms with Crippen LogP contribution in [0, 0.1) is 0 Å². The van der Waals surface area contributed by atoms with Crippen LogP contribution >= 0.6 is 27.3 Å². The number of carboxylic acid groups (broad SMARTS) is 1. The summed E-state index contributed by atoms with van der Waals surface area (Å²) in [7, 11) is 0. The second-order valence-electron chi connectivity index (χ2n) is 4.98. The van der Waals surface area contributed by atoms with Crippen molar-refractivity contribution in [1.82, 2.24) is 0 Å². The number of hydrogen-bond donors (Lipinski definition) is 1. The van der Waals surface area contributed by atoms with Gasteiger partial charge in [-0.05, 0) is 75.4 Å². The Morgan fingerprint density at radius 2 is 2.14 bits per heavy atom. The monoisotopic (exact) mass is 360 g/mol. The van der Waals surface area contributed by atoms with Crippen molar-refractivity contribution in [2.24, 2.45) is 0 Å². The Morgan fingerprint density at radius 1 is 1.33 bits per heavy atom. The van der Waals surface area contributed by atoms with E-state index in [1.54, 1.807) is 11.3 Å². The maximum Gasteiger partial charge on any atom is 0.307 e. The van der Waals surface area contributed by atoms with Gasteiger partial charge in [0.2, 0.25) is 0 Å². The lowest BCUT2D eigenvalue weighted by atomic mass is 10.0. The van der Waals surface area contributed by atoms with E-state index in [9.17, 15) is 4.79 Å². The number of carboxylic acids is 1. The van der Waals surface area contributed by atoms with Crippen LogP contribution in [0.15, 0.2) is 45.1 Å². The zero-order valence-electron chi connectivity index (χ0n) is 11.4. The fraction of sp³-hybridized carbons (Fsp3) is 0.118. The molecule has 1 heterocycles.